The smallest absolute Gasteiger partial charge is 0.410 e. The Morgan fingerprint density at radius 3 is 0.968 bits per heavy atom. The van der Waals surface area contributed by atoms with Gasteiger partial charge in [-0.05, 0) is 121 Å². The minimum Gasteiger partial charge on any atom is -0.445 e. The predicted molar refractivity (Wildman–Crippen MR) is 482 cm³/mol. The zero-order chi connectivity index (χ0) is 87.0. The number of benzene rings is 11. The summed E-state index contributed by atoms with van der Waals surface area (Å²) in [5, 5.41) is 41.4. The molecule has 4 aliphatic rings. The van der Waals surface area contributed by atoms with Crippen LogP contribution in [0.1, 0.15) is 115 Å². The number of carbonyl (C=O) groups excluding carboxylic acids is 3. The summed E-state index contributed by atoms with van der Waals surface area (Å²) in [6.07, 6.45) is -6.12. The number of nitrogens with zero attached hydrogens (tertiary/aromatic N) is 2. The highest BCUT2D eigenvalue weighted by molar-refractivity contribution is 5.69. The Kier molecular flexibility index (Phi) is 35.5. The fourth-order valence-corrected chi connectivity index (χ4v) is 16.6. The van der Waals surface area contributed by atoms with Gasteiger partial charge in [0.25, 0.3) is 12.9 Å². The van der Waals surface area contributed by atoms with E-state index in [0.29, 0.717) is 58.4 Å². The second kappa shape index (κ2) is 47.1. The van der Waals surface area contributed by atoms with Gasteiger partial charge in [0.05, 0.1) is 59.2 Å². The minimum atomic E-state index is -2.59. The van der Waals surface area contributed by atoms with Crippen molar-refractivity contribution in [2.75, 3.05) is 65.6 Å². The standard InChI is InChI=1S/C34H34F2N2O3.C32H32N2O3.C26H28F2N2O.C10H20N2O3.CH4/c35-32(36)25-40-31-21-22-38(33(39)41-24-26-13-5-1-6-14-26)23-30(31)37-34(27-15-7-2-8-16-27,28-17-9-3-10-18-28)29-19-11-4-12-20-29;35-30-21-22-34(31(36)37-24-25-13-5-1-6-14-25)23-29(30)33-32(26-15-7-2-8-16-26,27-17-9-3-10-18-27)28-19-11-4-12-20-28;27-25(28)19-31-24-16-17-29-18-23(24)30-26(20-10-4-1-5-11-20,21-12-6-2-7-13-21)22-14-8-3-9-15-22;1-10(2,3)15-9(14)12-7-6-11-5-4-8(7)13;/h1-20,30-32,37H,21-25H2;1-20,29-30,33,35H,21-24H2;1-15,23-25,29-30H,16-19H2;7-8,11,13H,4-6H2,1-3H3,(H,12,14);1H4/t30-,31+;29-,30+;23-,24+;7-,8+;/m0000./s1. The summed E-state index contributed by atoms with van der Waals surface area (Å²) in [5.41, 5.74) is 8.48. The molecule has 11 aromatic carbocycles. The lowest BCUT2D eigenvalue weighted by Gasteiger charge is -2.45. The van der Waals surface area contributed by atoms with Gasteiger partial charge in [0.2, 0.25) is 0 Å². The van der Waals surface area contributed by atoms with Crippen LogP contribution < -0.4 is 31.9 Å². The maximum absolute atomic E-state index is 13.3. The van der Waals surface area contributed by atoms with Gasteiger partial charge in [0.15, 0.2) is 0 Å². The van der Waals surface area contributed by atoms with E-state index in [9.17, 15) is 42.2 Å². The largest absolute Gasteiger partial charge is 0.445 e. The van der Waals surface area contributed by atoms with Crippen LogP contribution in [-0.4, -0.2) is 171 Å². The highest BCUT2D eigenvalue weighted by Crippen LogP contribution is 2.42. The molecule has 8 atom stereocenters. The fraction of sp³-hybridized carbons (Fsp3) is 0.330. The molecule has 0 spiro atoms. The number of halogens is 4. The van der Waals surface area contributed by atoms with E-state index in [1.165, 1.54) is 0 Å². The van der Waals surface area contributed by atoms with Crippen LogP contribution in [0, 0.1) is 0 Å². The molecule has 4 aliphatic heterocycles. The van der Waals surface area contributed by atoms with Crippen LogP contribution in [0.5, 0.6) is 0 Å². The van der Waals surface area contributed by atoms with Gasteiger partial charge >= 0.3 is 18.3 Å². The summed E-state index contributed by atoms with van der Waals surface area (Å²) in [5.74, 6) is 0. The first-order valence-electron chi connectivity index (χ1n) is 42.6. The first-order valence-corrected chi connectivity index (χ1v) is 42.6. The first-order chi connectivity index (χ1) is 60.3. The molecule has 0 radical (unpaired) electrons. The summed E-state index contributed by atoms with van der Waals surface area (Å²) in [7, 11) is 0. The van der Waals surface area contributed by atoms with Gasteiger partial charge in [0.1, 0.15) is 32.0 Å². The molecule has 18 nitrogen and oxygen atoms in total. The van der Waals surface area contributed by atoms with Crippen LogP contribution in [0.4, 0.5) is 31.9 Å². The van der Waals surface area contributed by atoms with Gasteiger partial charge in [-0.25, -0.2) is 31.9 Å². The molecule has 4 heterocycles. The summed E-state index contributed by atoms with van der Waals surface area (Å²) in [4.78, 5) is 40.9. The van der Waals surface area contributed by atoms with Crippen molar-refractivity contribution >= 4 is 18.3 Å². The van der Waals surface area contributed by atoms with Crippen LogP contribution in [0.15, 0.2) is 334 Å². The highest BCUT2D eigenvalue weighted by Gasteiger charge is 2.46. The lowest BCUT2D eigenvalue weighted by Crippen LogP contribution is -2.61. The molecule has 11 aromatic rings. The number of aliphatic hydroxyl groups excluding tert-OH is 2. The average molecular weight is 1700 g/mol. The number of hydrogen-bond donors (Lipinski definition) is 8. The molecule has 8 N–H and O–H groups in total. The van der Waals surface area contributed by atoms with Crippen molar-refractivity contribution in [3.8, 4) is 0 Å². The number of aliphatic hydroxyl groups is 2. The Morgan fingerprint density at radius 1 is 0.376 bits per heavy atom. The van der Waals surface area contributed by atoms with Crippen LogP contribution in [0.2, 0.25) is 0 Å². The monoisotopic (exact) mass is 1700 g/mol. The van der Waals surface area contributed by atoms with E-state index in [4.69, 9.17) is 23.7 Å². The van der Waals surface area contributed by atoms with Crippen molar-refractivity contribution in [1.82, 2.24) is 41.7 Å². The third kappa shape index (κ3) is 25.9. The van der Waals surface area contributed by atoms with Gasteiger partial charge in [-0.3, -0.25) is 16.0 Å². The van der Waals surface area contributed by atoms with Crippen LogP contribution >= 0.6 is 0 Å². The molecule has 0 bridgehead atoms. The molecule has 125 heavy (non-hydrogen) atoms. The number of hydrogen-bond acceptors (Lipinski definition) is 15. The van der Waals surface area contributed by atoms with Crippen LogP contribution in [0.25, 0.3) is 0 Å². The van der Waals surface area contributed by atoms with Crippen molar-refractivity contribution in [2.45, 2.75) is 151 Å². The maximum atomic E-state index is 13.3. The molecule has 0 aromatic heterocycles. The third-order valence-corrected chi connectivity index (χ3v) is 22.6. The average Bonchev–Trinajstić information content (AvgIpc) is 0.757. The number of alkyl halides is 4. The SMILES string of the molecule is C.CC(C)(C)OC(=O)N[C@H]1CNCC[C@H]1O.FC(F)CO[C@@H]1CCNC[C@@H]1NC(c1ccccc1)(c1ccccc1)c1ccccc1.O=C(OCc1ccccc1)N1CC[C@@H](O)[C@@H](NC(c2ccccc2)(c2ccccc2)c2ccccc2)C1.O=C(OCc1ccccc1)N1CC[C@@H](OCC(F)F)[C@@H](NC(c2ccccc2)(c2ccccc2)c2ccccc2)C1. The predicted octanol–water partition coefficient (Wildman–Crippen LogP) is 17.4. The minimum absolute atomic E-state index is 0. The number of amides is 3. The summed E-state index contributed by atoms with van der Waals surface area (Å²) in [6.45, 7) is 8.70. The summed E-state index contributed by atoms with van der Waals surface area (Å²) in [6, 6.07) is 110. The summed E-state index contributed by atoms with van der Waals surface area (Å²) >= 11 is 0. The number of carbonyl (C=O) groups is 3. The van der Waals surface area contributed by atoms with E-state index in [1.807, 2.05) is 245 Å². The molecule has 658 valence electrons. The molecular formula is C103H118F4N8O10. The van der Waals surface area contributed by atoms with Gasteiger partial charge in [-0.1, -0.05) is 341 Å². The second-order valence-electron chi connectivity index (χ2n) is 32.2. The van der Waals surface area contributed by atoms with Crippen LogP contribution in [0.3, 0.4) is 0 Å². The van der Waals surface area contributed by atoms with E-state index in [2.05, 4.69) is 141 Å². The zero-order valence-electron chi connectivity index (χ0n) is 70.4. The molecule has 3 amide bonds. The maximum Gasteiger partial charge on any atom is 0.410 e. The van der Waals surface area contributed by atoms with Gasteiger partial charge in [0, 0.05) is 45.3 Å². The number of rotatable bonds is 26. The van der Waals surface area contributed by atoms with Gasteiger partial charge in [-0.15, -0.1) is 0 Å². The second-order valence-corrected chi connectivity index (χ2v) is 32.2. The molecular weight excluding hydrogens is 1590 g/mol. The number of nitrogens with one attached hydrogen (secondary N) is 6. The molecule has 0 unspecified atom stereocenters. The Hall–Kier alpha value is -11.4. The van der Waals surface area contributed by atoms with Gasteiger partial charge in [-0.2, -0.15) is 0 Å². The van der Waals surface area contributed by atoms with Gasteiger partial charge < -0.3 is 59.6 Å². The van der Waals surface area contributed by atoms with E-state index in [-0.39, 0.29) is 57.5 Å². The topological polar surface area (TPSA) is 216 Å². The first kappa shape index (κ1) is 94.3. The molecule has 4 fully saturated rings. The van der Waals surface area contributed by atoms with E-state index in [0.717, 1.165) is 74.3 Å². The van der Waals surface area contributed by atoms with Crippen molar-refractivity contribution in [3.63, 3.8) is 0 Å². The number of piperidine rings is 4. The quantitative estimate of drug-likeness (QED) is 0.0144. The van der Waals surface area contributed by atoms with Crippen molar-refractivity contribution in [1.29, 1.82) is 0 Å². The van der Waals surface area contributed by atoms with Crippen LogP contribution in [-0.2, 0) is 53.5 Å². The molecule has 4 saturated heterocycles. The Morgan fingerprint density at radius 2 is 0.648 bits per heavy atom. The van der Waals surface area contributed by atoms with E-state index in [1.54, 1.807) is 9.80 Å². The Labute approximate surface area is 733 Å². The van der Waals surface area contributed by atoms with E-state index < -0.39 is 84.8 Å². The Balaban J connectivity index is 0.000000169. The third-order valence-electron chi connectivity index (χ3n) is 22.6. The highest BCUT2D eigenvalue weighted by atomic mass is 19.3. The molecule has 15 rings (SSSR count). The van der Waals surface area contributed by atoms with Crippen molar-refractivity contribution in [2.24, 2.45) is 0 Å². The molecule has 0 aliphatic carbocycles. The number of likely N-dealkylation sites (tertiary alicyclic amines) is 2. The van der Waals surface area contributed by atoms with Crippen molar-refractivity contribution in [3.05, 3.63) is 395 Å². The number of ether oxygens (including phenoxy) is 5. The van der Waals surface area contributed by atoms with E-state index >= 15 is 0 Å². The summed E-state index contributed by atoms with van der Waals surface area (Å²) < 4.78 is 80.1. The van der Waals surface area contributed by atoms with Crippen molar-refractivity contribution < 1.29 is 65.8 Å². The lowest BCUT2D eigenvalue weighted by atomic mass is 9.76. The Bertz CT molecular complexity index is 4640. The molecule has 22 heteroatoms. The molecule has 0 saturated carbocycles. The normalized spacial score (nSPS) is 19.1. The number of alkyl carbamates (subject to hydrolysis) is 1. The zero-order valence-corrected chi connectivity index (χ0v) is 70.4. The fourth-order valence-electron chi connectivity index (χ4n) is 16.6. The lowest BCUT2D eigenvalue weighted by molar-refractivity contribution is -0.0625.